The van der Waals surface area contributed by atoms with Crippen LogP contribution in [0, 0.1) is 11.8 Å². The highest BCUT2D eigenvalue weighted by atomic mass is 16.2. The number of nitrogens with zero attached hydrogens (tertiary/aromatic N) is 3. The Morgan fingerprint density at radius 1 is 1.16 bits per heavy atom. The van der Waals surface area contributed by atoms with Gasteiger partial charge in [0, 0.05) is 30.7 Å². The smallest absolute Gasteiger partial charge is 0.257 e. The first-order valence-electron chi connectivity index (χ1n) is 11.5. The van der Waals surface area contributed by atoms with Crippen molar-refractivity contribution in [3.05, 3.63) is 42.5 Å². The lowest BCUT2D eigenvalue weighted by atomic mass is 9.90. The average Bonchev–Trinajstić information content (AvgIpc) is 2.95. The number of anilines is 1. The third kappa shape index (κ3) is 4.69. The van der Waals surface area contributed by atoms with Crippen molar-refractivity contribution < 1.29 is 4.79 Å². The van der Waals surface area contributed by atoms with Crippen LogP contribution in [0.2, 0.25) is 0 Å². The molecule has 0 bridgehead atoms. The van der Waals surface area contributed by atoms with Crippen LogP contribution in [0.1, 0.15) is 40.0 Å². The number of carbonyl (C=O) groups excluding carboxylic acids is 1. The Morgan fingerprint density at radius 3 is 2.61 bits per heavy atom. The van der Waals surface area contributed by atoms with Gasteiger partial charge < -0.3 is 11.1 Å². The number of nitrogens with two attached hydrogens (primary N) is 1. The lowest BCUT2D eigenvalue weighted by Gasteiger charge is -2.34. The van der Waals surface area contributed by atoms with Crippen LogP contribution < -0.4 is 11.1 Å². The fourth-order valence-corrected chi connectivity index (χ4v) is 5.02. The van der Waals surface area contributed by atoms with Crippen LogP contribution in [-0.2, 0) is 4.79 Å². The summed E-state index contributed by atoms with van der Waals surface area (Å²) in [6, 6.07) is 14.9. The van der Waals surface area contributed by atoms with E-state index in [9.17, 15) is 4.79 Å². The van der Waals surface area contributed by atoms with Crippen LogP contribution in [-0.4, -0.2) is 53.5 Å². The number of carbonyl (C=O) groups is 1. The molecule has 0 saturated carbocycles. The predicted molar refractivity (Wildman–Crippen MR) is 128 cm³/mol. The van der Waals surface area contributed by atoms with E-state index in [-0.39, 0.29) is 5.91 Å². The van der Waals surface area contributed by atoms with E-state index >= 15 is 0 Å². The Morgan fingerprint density at radius 2 is 1.87 bits per heavy atom. The molecule has 4 rings (SSSR count). The molecule has 2 aromatic carbocycles. The summed E-state index contributed by atoms with van der Waals surface area (Å²) in [4.78, 5) is 21.7. The van der Waals surface area contributed by atoms with Gasteiger partial charge in [-0.1, -0.05) is 50.2 Å². The zero-order valence-corrected chi connectivity index (χ0v) is 19.0. The minimum atomic E-state index is -0.693. The van der Waals surface area contributed by atoms with Gasteiger partial charge in [0.25, 0.3) is 5.91 Å². The predicted octanol–water partition coefficient (Wildman–Crippen LogP) is 3.88. The molecule has 0 spiro atoms. The molecule has 166 valence electrons. The lowest BCUT2D eigenvalue weighted by molar-refractivity contribution is -0.131. The topological polar surface area (TPSA) is 74.0 Å². The number of hydrogen-bond donors (Lipinski definition) is 2. The maximum absolute atomic E-state index is 13.0. The Balaban J connectivity index is 1.28. The molecule has 0 aromatic heterocycles. The van der Waals surface area contributed by atoms with Gasteiger partial charge in [-0.2, -0.15) is 0 Å². The third-order valence-corrected chi connectivity index (χ3v) is 6.58. The molecule has 2 aliphatic heterocycles. The highest BCUT2D eigenvalue weighted by Crippen LogP contribution is 2.30. The first kappa shape index (κ1) is 21.6. The van der Waals surface area contributed by atoms with Crippen molar-refractivity contribution in [2.75, 3.05) is 31.6 Å². The van der Waals surface area contributed by atoms with Gasteiger partial charge in [-0.3, -0.25) is 14.6 Å². The number of nitrogens with one attached hydrogen (secondary N) is 1. The number of rotatable bonds is 7. The minimum absolute atomic E-state index is 0.0683. The van der Waals surface area contributed by atoms with Gasteiger partial charge in [-0.25, -0.2) is 4.99 Å². The molecule has 31 heavy (non-hydrogen) atoms. The molecule has 2 heterocycles. The van der Waals surface area contributed by atoms with Gasteiger partial charge in [0.05, 0.1) is 6.67 Å². The number of hydrogen-bond acceptors (Lipinski definition) is 5. The molecule has 3 N–H and O–H groups in total. The number of aliphatic imine (C=N–C) groups is 1. The summed E-state index contributed by atoms with van der Waals surface area (Å²) in [5, 5.41) is 6.12. The van der Waals surface area contributed by atoms with Crippen LogP contribution in [0.3, 0.4) is 0 Å². The third-order valence-electron chi connectivity index (χ3n) is 6.58. The van der Waals surface area contributed by atoms with E-state index in [0.717, 1.165) is 39.0 Å². The maximum atomic E-state index is 13.0. The molecule has 6 heteroatoms. The van der Waals surface area contributed by atoms with Crippen molar-refractivity contribution in [3.8, 4) is 0 Å². The molecule has 6 nitrogen and oxygen atoms in total. The summed E-state index contributed by atoms with van der Waals surface area (Å²) in [7, 11) is 0. The van der Waals surface area contributed by atoms with Gasteiger partial charge in [0.2, 0.25) is 0 Å². The summed E-state index contributed by atoms with van der Waals surface area (Å²) >= 11 is 0. The highest BCUT2D eigenvalue weighted by Gasteiger charge is 2.44. The molecule has 1 unspecified atom stereocenters. The van der Waals surface area contributed by atoms with Crippen LogP contribution in [0.25, 0.3) is 10.8 Å². The normalized spacial score (nSPS) is 23.0. The average molecular weight is 422 g/mol. The number of benzene rings is 2. The van der Waals surface area contributed by atoms with Gasteiger partial charge in [-0.05, 0) is 49.5 Å². The van der Waals surface area contributed by atoms with E-state index in [0.29, 0.717) is 24.3 Å². The van der Waals surface area contributed by atoms with E-state index < -0.39 is 5.54 Å². The van der Waals surface area contributed by atoms with Crippen LogP contribution in [0.5, 0.6) is 0 Å². The number of amides is 1. The largest absolute Gasteiger partial charge is 0.372 e. The molecule has 0 aliphatic carbocycles. The molecular weight excluding hydrogens is 386 g/mol. The molecular formula is C25H35N5O. The first-order valence-corrected chi connectivity index (χ1v) is 11.5. The zero-order chi connectivity index (χ0) is 22.0. The maximum Gasteiger partial charge on any atom is 0.257 e. The van der Waals surface area contributed by atoms with Crippen molar-refractivity contribution >= 4 is 28.3 Å². The second-order valence-electron chi connectivity index (χ2n) is 9.68. The fourth-order valence-electron chi connectivity index (χ4n) is 5.02. The Hall–Kier alpha value is -2.60. The van der Waals surface area contributed by atoms with Crippen molar-refractivity contribution in [1.82, 2.24) is 9.80 Å². The quantitative estimate of drug-likeness (QED) is 0.711. The summed E-state index contributed by atoms with van der Waals surface area (Å²) in [6.07, 6.45) is 2.87. The van der Waals surface area contributed by atoms with Gasteiger partial charge in [-0.15, -0.1) is 0 Å². The molecule has 2 aromatic rings. The molecule has 0 radical (unpaired) electrons. The Labute approximate surface area is 185 Å². The van der Waals surface area contributed by atoms with Gasteiger partial charge >= 0.3 is 0 Å². The van der Waals surface area contributed by atoms with Gasteiger partial charge in [0.1, 0.15) is 5.54 Å². The summed E-state index contributed by atoms with van der Waals surface area (Å²) < 4.78 is 0. The Bertz CT molecular complexity index is 958. The molecule has 1 fully saturated rings. The zero-order valence-electron chi connectivity index (χ0n) is 19.0. The van der Waals surface area contributed by atoms with E-state index in [1.165, 1.54) is 16.5 Å². The fraction of sp³-hybridized carbons (Fsp3) is 0.520. The number of guanidine groups is 1. The number of piperidine rings is 1. The lowest BCUT2D eigenvalue weighted by Crippen LogP contribution is -2.47. The standard InChI is InChI=1S/C25H35N5O/c1-18(2)15-25(3)23(31)30(24(26)28-25)16-19-11-13-29(14-12-19)17-27-22-10-6-8-20-7-4-5-9-21(20)22/h4-10,18-19,27H,11-17H2,1-3H3,(H2,26,28). The molecule has 1 amide bonds. The second kappa shape index (κ2) is 8.87. The van der Waals surface area contributed by atoms with E-state index in [1.807, 2.05) is 6.92 Å². The summed E-state index contributed by atoms with van der Waals surface area (Å²) in [5.41, 5.74) is 6.64. The SMILES string of the molecule is CC(C)CC1(C)N=C(N)N(CC2CCN(CNc3cccc4ccccc34)CC2)C1=O. The van der Waals surface area contributed by atoms with Crippen LogP contribution >= 0.6 is 0 Å². The van der Waals surface area contributed by atoms with Crippen LogP contribution in [0.4, 0.5) is 5.69 Å². The summed E-state index contributed by atoms with van der Waals surface area (Å²) in [5.74, 6) is 1.34. The van der Waals surface area contributed by atoms with Crippen LogP contribution in [0.15, 0.2) is 47.5 Å². The first-order chi connectivity index (χ1) is 14.9. The number of likely N-dealkylation sites (tertiary alicyclic amines) is 1. The molecule has 1 atom stereocenters. The molecule has 2 aliphatic rings. The minimum Gasteiger partial charge on any atom is -0.372 e. The van der Waals surface area contributed by atoms with Crippen molar-refractivity contribution in [3.63, 3.8) is 0 Å². The number of fused-ring (bicyclic) bond motifs is 1. The molecule has 1 saturated heterocycles. The van der Waals surface area contributed by atoms with Crippen molar-refractivity contribution in [2.45, 2.75) is 45.6 Å². The van der Waals surface area contributed by atoms with Gasteiger partial charge in [0.15, 0.2) is 5.96 Å². The second-order valence-corrected chi connectivity index (χ2v) is 9.68. The van der Waals surface area contributed by atoms with Crippen molar-refractivity contribution in [2.24, 2.45) is 22.6 Å². The monoisotopic (exact) mass is 421 g/mol. The Kier molecular flexibility index (Phi) is 6.19. The van der Waals surface area contributed by atoms with E-state index in [4.69, 9.17) is 5.73 Å². The van der Waals surface area contributed by atoms with E-state index in [2.05, 4.69) is 71.5 Å². The highest BCUT2D eigenvalue weighted by molar-refractivity contribution is 6.06. The van der Waals surface area contributed by atoms with E-state index in [1.54, 1.807) is 4.90 Å². The summed E-state index contributed by atoms with van der Waals surface area (Å²) in [6.45, 7) is 9.72. The van der Waals surface area contributed by atoms with Crippen molar-refractivity contribution in [1.29, 1.82) is 0 Å².